The maximum Gasteiger partial charge on any atom is 0.326 e. The smallest absolute Gasteiger partial charge is 0.326 e. The Bertz CT molecular complexity index is 489. The van der Waals surface area contributed by atoms with Gasteiger partial charge in [-0.25, -0.2) is 9.59 Å². The van der Waals surface area contributed by atoms with E-state index in [0.717, 1.165) is 6.42 Å². The van der Waals surface area contributed by atoms with Gasteiger partial charge >= 0.3 is 12.0 Å². The van der Waals surface area contributed by atoms with Crippen LogP contribution < -0.4 is 5.32 Å². The van der Waals surface area contributed by atoms with E-state index in [0.29, 0.717) is 12.3 Å². The highest BCUT2D eigenvalue weighted by atomic mass is 16.4. The van der Waals surface area contributed by atoms with Crippen LogP contribution in [0.5, 0.6) is 0 Å². The van der Waals surface area contributed by atoms with Gasteiger partial charge in [-0.05, 0) is 18.4 Å². The molecule has 0 radical (unpaired) electrons. The van der Waals surface area contributed by atoms with Gasteiger partial charge in [0.25, 0.3) is 0 Å². The third-order valence-electron chi connectivity index (χ3n) is 3.79. The summed E-state index contributed by atoms with van der Waals surface area (Å²) in [6.07, 6.45) is 1.31. The molecular formula is C15H20N2O3. The number of amides is 2. The van der Waals surface area contributed by atoms with Crippen LogP contribution in [0.3, 0.4) is 0 Å². The molecule has 1 aliphatic carbocycles. The fourth-order valence-electron chi connectivity index (χ4n) is 2.44. The number of hydrogen-bond donors (Lipinski definition) is 2. The molecule has 0 bridgehead atoms. The van der Waals surface area contributed by atoms with Gasteiger partial charge in [-0.3, -0.25) is 0 Å². The van der Waals surface area contributed by atoms with Crippen LogP contribution in [0.2, 0.25) is 0 Å². The van der Waals surface area contributed by atoms with Crippen molar-refractivity contribution in [2.45, 2.75) is 37.8 Å². The number of nitrogens with zero attached hydrogens (tertiary/aromatic N) is 1. The Hall–Kier alpha value is -2.04. The molecule has 5 nitrogen and oxygen atoms in total. The quantitative estimate of drug-likeness (QED) is 0.864. The van der Waals surface area contributed by atoms with Gasteiger partial charge in [-0.2, -0.15) is 0 Å². The molecule has 1 fully saturated rings. The second kappa shape index (κ2) is 5.94. The van der Waals surface area contributed by atoms with Gasteiger partial charge < -0.3 is 15.3 Å². The minimum Gasteiger partial charge on any atom is -0.480 e. The van der Waals surface area contributed by atoms with Gasteiger partial charge in [-0.15, -0.1) is 0 Å². The Kier molecular flexibility index (Phi) is 4.27. The number of likely N-dealkylation sites (N-methyl/N-ethyl adjacent to an activating group) is 1. The summed E-state index contributed by atoms with van der Waals surface area (Å²) in [5, 5.41) is 11.9. The lowest BCUT2D eigenvalue weighted by Crippen LogP contribution is -2.47. The first-order chi connectivity index (χ1) is 9.54. The minimum atomic E-state index is -0.972. The number of rotatable bonds is 5. The SMILES string of the molecule is CCC(C(=O)O)N(C)C(=O)NC1CC1c1ccccc1. The molecule has 2 rings (SSSR count). The molecule has 20 heavy (non-hydrogen) atoms. The summed E-state index contributed by atoms with van der Waals surface area (Å²) in [6.45, 7) is 1.76. The second-order valence-corrected chi connectivity index (χ2v) is 5.18. The predicted octanol–water partition coefficient (Wildman–Crippen LogP) is 2.05. The highest BCUT2D eigenvalue weighted by Crippen LogP contribution is 2.40. The Morgan fingerprint density at radius 3 is 2.60 bits per heavy atom. The fourth-order valence-corrected chi connectivity index (χ4v) is 2.44. The normalized spacial score (nSPS) is 21.9. The van der Waals surface area contributed by atoms with Crippen LogP contribution in [-0.4, -0.2) is 41.1 Å². The Morgan fingerprint density at radius 2 is 2.05 bits per heavy atom. The van der Waals surface area contributed by atoms with E-state index in [9.17, 15) is 9.59 Å². The molecule has 108 valence electrons. The summed E-state index contributed by atoms with van der Waals surface area (Å²) in [4.78, 5) is 24.3. The van der Waals surface area contributed by atoms with Crippen LogP contribution in [0, 0.1) is 0 Å². The third kappa shape index (κ3) is 3.10. The highest BCUT2D eigenvalue weighted by Gasteiger charge is 2.40. The van der Waals surface area contributed by atoms with Gasteiger partial charge in [0.05, 0.1) is 0 Å². The Balaban J connectivity index is 1.89. The second-order valence-electron chi connectivity index (χ2n) is 5.18. The maximum absolute atomic E-state index is 12.0. The molecule has 3 atom stereocenters. The van der Waals surface area contributed by atoms with E-state index in [2.05, 4.69) is 5.32 Å². The lowest BCUT2D eigenvalue weighted by Gasteiger charge is -2.24. The summed E-state index contributed by atoms with van der Waals surface area (Å²) < 4.78 is 0. The average molecular weight is 276 g/mol. The monoisotopic (exact) mass is 276 g/mol. The van der Waals surface area contributed by atoms with Crippen LogP contribution in [-0.2, 0) is 4.79 Å². The number of aliphatic carboxylic acids is 1. The average Bonchev–Trinajstić information content (AvgIpc) is 3.19. The van der Waals surface area contributed by atoms with Crippen LogP contribution in [0.4, 0.5) is 4.79 Å². The molecule has 0 aliphatic heterocycles. The highest BCUT2D eigenvalue weighted by molar-refractivity contribution is 5.82. The summed E-state index contributed by atoms with van der Waals surface area (Å²) in [6, 6.07) is 9.04. The lowest BCUT2D eigenvalue weighted by atomic mass is 10.1. The molecule has 1 aromatic rings. The van der Waals surface area contributed by atoms with E-state index < -0.39 is 12.0 Å². The first-order valence-electron chi connectivity index (χ1n) is 6.85. The summed E-state index contributed by atoms with van der Waals surface area (Å²) in [7, 11) is 1.53. The third-order valence-corrected chi connectivity index (χ3v) is 3.79. The number of benzene rings is 1. The standard InChI is InChI=1S/C15H20N2O3/c1-3-13(14(18)19)17(2)15(20)16-12-9-11(12)10-7-5-4-6-8-10/h4-8,11-13H,3,9H2,1-2H3,(H,16,20)(H,18,19). The Labute approximate surface area is 118 Å². The van der Waals surface area contributed by atoms with Gasteiger partial charge in [-0.1, -0.05) is 37.3 Å². The molecule has 0 spiro atoms. The number of urea groups is 1. The van der Waals surface area contributed by atoms with Crippen molar-refractivity contribution in [3.63, 3.8) is 0 Å². The fraction of sp³-hybridized carbons (Fsp3) is 0.467. The van der Waals surface area contributed by atoms with Gasteiger partial charge in [0.1, 0.15) is 6.04 Å². The number of carboxylic acid groups (broad SMARTS) is 1. The molecule has 0 saturated heterocycles. The van der Waals surface area contributed by atoms with Crippen molar-refractivity contribution in [1.29, 1.82) is 0 Å². The zero-order chi connectivity index (χ0) is 14.7. The van der Waals surface area contributed by atoms with Crippen molar-refractivity contribution in [3.8, 4) is 0 Å². The van der Waals surface area contributed by atoms with Crippen molar-refractivity contribution in [2.75, 3.05) is 7.05 Å². The topological polar surface area (TPSA) is 69.6 Å². The zero-order valence-electron chi connectivity index (χ0n) is 11.7. The van der Waals surface area contributed by atoms with E-state index in [-0.39, 0.29) is 12.1 Å². The molecule has 2 amide bonds. The van der Waals surface area contributed by atoms with E-state index in [1.807, 2.05) is 30.3 Å². The number of carbonyl (C=O) groups is 2. The molecule has 0 heterocycles. The molecule has 1 aromatic carbocycles. The summed E-state index contributed by atoms with van der Waals surface area (Å²) in [5.74, 6) is -0.626. The van der Waals surface area contributed by atoms with Crippen molar-refractivity contribution >= 4 is 12.0 Å². The van der Waals surface area contributed by atoms with Crippen LogP contribution in [0.25, 0.3) is 0 Å². The van der Waals surface area contributed by atoms with E-state index >= 15 is 0 Å². The molecule has 5 heteroatoms. The van der Waals surface area contributed by atoms with Crippen LogP contribution in [0.1, 0.15) is 31.2 Å². The van der Waals surface area contributed by atoms with Gasteiger partial charge in [0.15, 0.2) is 0 Å². The lowest BCUT2D eigenvalue weighted by molar-refractivity contribution is -0.141. The Morgan fingerprint density at radius 1 is 1.40 bits per heavy atom. The predicted molar refractivity (Wildman–Crippen MR) is 75.6 cm³/mol. The first kappa shape index (κ1) is 14.4. The van der Waals surface area contributed by atoms with E-state index in [1.165, 1.54) is 17.5 Å². The number of nitrogens with one attached hydrogen (secondary N) is 1. The van der Waals surface area contributed by atoms with Crippen molar-refractivity contribution < 1.29 is 14.7 Å². The number of carbonyl (C=O) groups excluding carboxylic acids is 1. The molecule has 3 unspecified atom stereocenters. The van der Waals surface area contributed by atoms with Gasteiger partial charge in [0, 0.05) is 19.0 Å². The maximum atomic E-state index is 12.0. The number of carboxylic acids is 1. The van der Waals surface area contributed by atoms with Crippen molar-refractivity contribution in [2.24, 2.45) is 0 Å². The van der Waals surface area contributed by atoms with Crippen LogP contribution >= 0.6 is 0 Å². The molecular weight excluding hydrogens is 256 g/mol. The molecule has 1 saturated carbocycles. The van der Waals surface area contributed by atoms with Crippen molar-refractivity contribution in [3.05, 3.63) is 35.9 Å². The van der Waals surface area contributed by atoms with Crippen molar-refractivity contribution in [1.82, 2.24) is 10.2 Å². The zero-order valence-corrected chi connectivity index (χ0v) is 11.7. The summed E-state index contributed by atoms with van der Waals surface area (Å²) in [5.41, 5.74) is 1.21. The summed E-state index contributed by atoms with van der Waals surface area (Å²) >= 11 is 0. The minimum absolute atomic E-state index is 0.110. The number of hydrogen-bond acceptors (Lipinski definition) is 2. The first-order valence-corrected chi connectivity index (χ1v) is 6.85. The molecule has 2 N–H and O–H groups in total. The molecule has 1 aliphatic rings. The van der Waals surface area contributed by atoms with Gasteiger partial charge in [0.2, 0.25) is 0 Å². The van der Waals surface area contributed by atoms with E-state index in [4.69, 9.17) is 5.11 Å². The van der Waals surface area contributed by atoms with Crippen LogP contribution in [0.15, 0.2) is 30.3 Å². The largest absolute Gasteiger partial charge is 0.480 e. The van der Waals surface area contributed by atoms with E-state index in [1.54, 1.807) is 6.92 Å². The molecule has 0 aromatic heterocycles.